The molecule has 2 aliphatic rings. The van der Waals surface area contributed by atoms with Gasteiger partial charge in [0, 0.05) is 37.9 Å². The largest absolute Gasteiger partial charge is 0.351 e. The van der Waals surface area contributed by atoms with Crippen molar-refractivity contribution >= 4 is 45.3 Å². The number of nitrogens with zero attached hydrogens (tertiary/aromatic N) is 4. The highest BCUT2D eigenvalue weighted by molar-refractivity contribution is 7.87. The smallest absolute Gasteiger partial charge is 0.327 e. The number of halogens is 1. The van der Waals surface area contributed by atoms with Crippen molar-refractivity contribution in [1.82, 2.24) is 19.0 Å². The third-order valence-electron chi connectivity index (χ3n) is 5.66. The summed E-state index contributed by atoms with van der Waals surface area (Å²) in [5, 5.41) is 6.61. The first-order valence-electron chi connectivity index (χ1n) is 10.4. The van der Waals surface area contributed by atoms with Crippen molar-refractivity contribution in [1.29, 1.82) is 0 Å². The molecule has 32 heavy (non-hydrogen) atoms. The molecule has 0 bridgehead atoms. The highest BCUT2D eigenvalue weighted by Crippen LogP contribution is 2.31. The molecule has 2 heterocycles. The first-order chi connectivity index (χ1) is 15.2. The number of amides is 2. The summed E-state index contributed by atoms with van der Waals surface area (Å²) in [5.74, 6) is 0.913. The number of anilines is 3. The van der Waals surface area contributed by atoms with E-state index < -0.39 is 10.2 Å². The fraction of sp³-hybridized carbons (Fsp3) is 0.450. The summed E-state index contributed by atoms with van der Waals surface area (Å²) in [7, 11) is -0.413. The van der Waals surface area contributed by atoms with Crippen molar-refractivity contribution in [2.45, 2.75) is 44.3 Å². The molecule has 2 aromatic rings. The van der Waals surface area contributed by atoms with Crippen LogP contribution in [0.4, 0.5) is 22.2 Å². The number of hydrogen-bond acceptors (Lipinski definition) is 6. The highest BCUT2D eigenvalue weighted by Gasteiger charge is 2.28. The minimum atomic E-state index is -3.43. The minimum Gasteiger partial charge on any atom is -0.351 e. The molecule has 1 aromatic carbocycles. The second-order valence-electron chi connectivity index (χ2n) is 8.13. The Labute approximate surface area is 192 Å². The number of urea groups is 1. The Kier molecular flexibility index (Phi) is 6.52. The molecular weight excluding hydrogens is 454 g/mol. The zero-order valence-corrected chi connectivity index (χ0v) is 19.4. The van der Waals surface area contributed by atoms with Crippen molar-refractivity contribution in [3.05, 3.63) is 41.0 Å². The summed E-state index contributed by atoms with van der Waals surface area (Å²) in [4.78, 5) is 23.1. The van der Waals surface area contributed by atoms with Gasteiger partial charge in [-0.15, -0.1) is 0 Å². The van der Waals surface area contributed by atoms with Crippen LogP contribution in [0.1, 0.15) is 31.2 Å². The predicted molar refractivity (Wildman–Crippen MR) is 124 cm³/mol. The molecule has 0 saturated heterocycles. The fourth-order valence-corrected chi connectivity index (χ4v) is 4.94. The van der Waals surface area contributed by atoms with Gasteiger partial charge in [0.1, 0.15) is 5.82 Å². The van der Waals surface area contributed by atoms with E-state index in [-0.39, 0.29) is 18.1 Å². The molecule has 4 rings (SSSR count). The lowest BCUT2D eigenvalue weighted by molar-refractivity contribution is 0.256. The summed E-state index contributed by atoms with van der Waals surface area (Å²) >= 11 is 6.24. The molecule has 1 aliphatic heterocycles. The zero-order valence-electron chi connectivity index (χ0n) is 17.9. The number of nitrogens with one attached hydrogen (secondary N) is 3. The number of hydrogen-bond donors (Lipinski definition) is 3. The van der Waals surface area contributed by atoms with Gasteiger partial charge in [0.15, 0.2) is 0 Å². The fourth-order valence-electron chi connectivity index (χ4n) is 3.83. The van der Waals surface area contributed by atoms with E-state index in [0.29, 0.717) is 29.0 Å². The topological polar surface area (TPSA) is 120 Å². The van der Waals surface area contributed by atoms with Gasteiger partial charge in [0.25, 0.3) is 10.2 Å². The molecule has 12 heteroatoms. The Morgan fingerprint density at radius 1 is 1.16 bits per heavy atom. The van der Waals surface area contributed by atoms with Gasteiger partial charge in [0.2, 0.25) is 5.95 Å². The van der Waals surface area contributed by atoms with Gasteiger partial charge in [0.05, 0.1) is 17.3 Å². The van der Waals surface area contributed by atoms with Gasteiger partial charge in [-0.3, -0.25) is 10.2 Å². The molecule has 172 valence electrons. The van der Waals surface area contributed by atoms with Gasteiger partial charge in [-0.1, -0.05) is 23.7 Å². The van der Waals surface area contributed by atoms with Crippen LogP contribution in [-0.2, 0) is 16.8 Å². The summed E-state index contributed by atoms with van der Waals surface area (Å²) in [6.07, 6.45) is 4.71. The Balaban J connectivity index is 1.37. The average molecular weight is 480 g/mol. The number of benzene rings is 1. The summed E-state index contributed by atoms with van der Waals surface area (Å²) in [6, 6.07) is 6.92. The van der Waals surface area contributed by atoms with E-state index in [2.05, 4.69) is 25.3 Å². The quantitative estimate of drug-likeness (QED) is 0.586. The van der Waals surface area contributed by atoms with Crippen molar-refractivity contribution < 1.29 is 13.2 Å². The van der Waals surface area contributed by atoms with Crippen molar-refractivity contribution in [2.75, 3.05) is 29.6 Å². The number of carbonyl (C=O) groups is 1. The maximum atomic E-state index is 12.6. The summed E-state index contributed by atoms with van der Waals surface area (Å²) < 4.78 is 27.9. The second kappa shape index (κ2) is 9.18. The van der Waals surface area contributed by atoms with E-state index in [4.69, 9.17) is 11.6 Å². The van der Waals surface area contributed by atoms with Crippen LogP contribution in [-0.4, -0.2) is 54.9 Å². The predicted octanol–water partition coefficient (Wildman–Crippen LogP) is 2.80. The molecule has 1 fully saturated rings. The third kappa shape index (κ3) is 4.96. The maximum Gasteiger partial charge on any atom is 0.327 e. The van der Waals surface area contributed by atoms with Gasteiger partial charge < -0.3 is 5.32 Å². The molecule has 0 spiro atoms. The number of fused-ring (bicyclic) bond motifs is 1. The van der Waals surface area contributed by atoms with Crippen LogP contribution in [0.5, 0.6) is 0 Å². The number of rotatable bonds is 6. The van der Waals surface area contributed by atoms with Crippen LogP contribution >= 0.6 is 11.6 Å². The van der Waals surface area contributed by atoms with E-state index in [1.54, 1.807) is 23.2 Å². The molecule has 3 N–H and O–H groups in total. The number of carbonyl (C=O) groups excluding carboxylic acids is 1. The Morgan fingerprint density at radius 3 is 2.53 bits per heavy atom. The Hall–Kier alpha value is -2.47. The zero-order chi connectivity index (χ0) is 22.9. The maximum absolute atomic E-state index is 12.6. The molecule has 2 amide bonds. The van der Waals surface area contributed by atoms with Crippen LogP contribution in [0.25, 0.3) is 0 Å². The average Bonchev–Trinajstić information content (AvgIpc) is 2.75. The van der Waals surface area contributed by atoms with Crippen molar-refractivity contribution in [2.24, 2.45) is 0 Å². The minimum absolute atomic E-state index is 0.0833. The van der Waals surface area contributed by atoms with E-state index in [1.807, 2.05) is 12.1 Å². The lowest BCUT2D eigenvalue weighted by atomic mass is 9.92. The number of aromatic nitrogens is 2. The molecule has 1 aromatic heterocycles. The molecule has 10 nitrogen and oxygen atoms in total. The third-order valence-corrected chi connectivity index (χ3v) is 7.58. The first-order valence-corrected chi connectivity index (χ1v) is 12.2. The standard InChI is InChI=1S/C20H26ClN7O3S/c1-27(2)32(30,31)26-15-9-7-14(8-10-15)23-19-22-11-13-12-28(20(29)25-18(13)24-19)17-6-4-3-5-16(17)21/h3-6,11,14-15,26H,7-10,12H2,1-2H3,(H2,22,23,24,25,29)/t14-,15-. The van der Waals surface area contributed by atoms with Crippen LogP contribution in [0.3, 0.4) is 0 Å². The Bertz CT molecular complexity index is 1100. The van der Waals surface area contributed by atoms with E-state index >= 15 is 0 Å². The molecule has 0 atom stereocenters. The summed E-state index contributed by atoms with van der Waals surface area (Å²) in [6.45, 7) is 0.322. The van der Waals surface area contributed by atoms with Gasteiger partial charge >= 0.3 is 6.03 Å². The van der Waals surface area contributed by atoms with E-state index in [9.17, 15) is 13.2 Å². The normalized spacial score (nSPS) is 21.2. The van der Waals surface area contributed by atoms with Gasteiger partial charge in [-0.05, 0) is 37.8 Å². The van der Waals surface area contributed by atoms with Crippen LogP contribution in [0, 0.1) is 0 Å². The highest BCUT2D eigenvalue weighted by atomic mass is 35.5. The molecule has 0 radical (unpaired) electrons. The molecule has 1 saturated carbocycles. The molecular formula is C20H26ClN7O3S. The van der Waals surface area contributed by atoms with Crippen molar-refractivity contribution in [3.63, 3.8) is 0 Å². The Morgan fingerprint density at radius 2 is 1.84 bits per heavy atom. The lowest BCUT2D eigenvalue weighted by Gasteiger charge is -2.31. The van der Waals surface area contributed by atoms with Gasteiger partial charge in [-0.25, -0.2) is 9.78 Å². The van der Waals surface area contributed by atoms with Crippen LogP contribution < -0.4 is 20.3 Å². The second-order valence-corrected chi connectivity index (χ2v) is 10.5. The SMILES string of the molecule is CN(C)S(=O)(=O)N[C@H]1CC[C@H](Nc2ncc3c(n2)NC(=O)N(c2ccccc2Cl)C3)CC1. The lowest BCUT2D eigenvalue weighted by Crippen LogP contribution is -2.45. The molecule has 1 aliphatic carbocycles. The van der Waals surface area contributed by atoms with E-state index in [1.165, 1.54) is 18.4 Å². The summed E-state index contributed by atoms with van der Waals surface area (Å²) in [5.41, 5.74) is 1.41. The van der Waals surface area contributed by atoms with Gasteiger partial charge in [-0.2, -0.15) is 22.4 Å². The number of para-hydroxylation sites is 1. The monoisotopic (exact) mass is 479 g/mol. The first kappa shape index (κ1) is 22.7. The van der Waals surface area contributed by atoms with Crippen LogP contribution in [0.15, 0.2) is 30.5 Å². The van der Waals surface area contributed by atoms with Crippen LogP contribution in [0.2, 0.25) is 5.02 Å². The van der Waals surface area contributed by atoms with E-state index in [0.717, 1.165) is 31.2 Å². The molecule has 0 unspecified atom stereocenters. The van der Waals surface area contributed by atoms with Crippen molar-refractivity contribution in [3.8, 4) is 0 Å².